The van der Waals surface area contributed by atoms with Crippen molar-refractivity contribution >= 4 is 16.9 Å². The van der Waals surface area contributed by atoms with Crippen LogP contribution in [-0.4, -0.2) is 35.9 Å². The van der Waals surface area contributed by atoms with Crippen LogP contribution in [0, 0.1) is 11.8 Å². The van der Waals surface area contributed by atoms with E-state index in [-0.39, 0.29) is 13.0 Å². The molecule has 1 aromatic carbocycles. The van der Waals surface area contributed by atoms with Crippen molar-refractivity contribution in [1.29, 1.82) is 0 Å². The van der Waals surface area contributed by atoms with Crippen LogP contribution in [0.25, 0.3) is 10.9 Å². The Morgan fingerprint density at radius 3 is 2.89 bits per heavy atom. The Bertz CT molecular complexity index is 809. The molecule has 0 aliphatic heterocycles. The quantitative estimate of drug-likeness (QED) is 0.508. The van der Waals surface area contributed by atoms with Crippen LogP contribution in [0.3, 0.4) is 0 Å². The summed E-state index contributed by atoms with van der Waals surface area (Å²) >= 11 is 0. The number of nitrogens with zero attached hydrogens (tertiary/aromatic N) is 1. The summed E-state index contributed by atoms with van der Waals surface area (Å²) in [4.78, 5) is 14.8. The van der Waals surface area contributed by atoms with Crippen molar-refractivity contribution in [1.82, 2.24) is 4.98 Å². The van der Waals surface area contributed by atoms with Gasteiger partial charge in [0, 0.05) is 17.4 Å². The van der Waals surface area contributed by atoms with E-state index >= 15 is 0 Å². The van der Waals surface area contributed by atoms with Crippen molar-refractivity contribution in [3.8, 4) is 17.7 Å². The number of fused-ring (bicyclic) bond motifs is 1. The maximum Gasteiger partial charge on any atom is 0.219 e. The number of carboxylic acids is 1. The lowest BCUT2D eigenvalue weighted by Crippen LogP contribution is -2.27. The first-order valence-electron chi connectivity index (χ1n) is 9.05. The van der Waals surface area contributed by atoms with Crippen LogP contribution in [0.5, 0.6) is 5.88 Å². The fourth-order valence-electron chi connectivity index (χ4n) is 2.51. The fraction of sp³-hybridized carbons (Fsp3) is 0.429. The molecule has 2 aromatic rings. The molecule has 0 fully saturated rings. The summed E-state index contributed by atoms with van der Waals surface area (Å²) in [5.41, 5.74) is 1.40. The summed E-state index contributed by atoms with van der Waals surface area (Å²) in [6, 6.07) is 9.52. The highest BCUT2D eigenvalue weighted by atomic mass is 16.5. The number of hydrogen-bond donors (Lipinski definition) is 1. The molecule has 0 saturated carbocycles. The first kappa shape index (κ1) is 20.7. The molecule has 1 heterocycles. The van der Waals surface area contributed by atoms with Crippen LogP contribution in [0.15, 0.2) is 30.3 Å². The molecule has 1 aromatic heterocycles. The first-order valence-corrected chi connectivity index (χ1v) is 9.05. The zero-order chi connectivity index (χ0) is 19.5. The summed E-state index contributed by atoms with van der Waals surface area (Å²) in [6.45, 7) is 2.14. The zero-order valence-electron chi connectivity index (χ0n) is 15.4. The van der Waals surface area contributed by atoms with E-state index in [1.807, 2.05) is 30.3 Å². The van der Waals surface area contributed by atoms with Gasteiger partial charge in [-0.15, -0.1) is 0 Å². The largest absolute Gasteiger partial charge is 0.548 e. The van der Waals surface area contributed by atoms with Crippen LogP contribution < -0.4 is 9.84 Å². The number of para-hydroxylation sites is 1. The van der Waals surface area contributed by atoms with Gasteiger partial charge in [-0.1, -0.05) is 49.8 Å². The summed E-state index contributed by atoms with van der Waals surface area (Å²) < 4.78 is 10.6. The van der Waals surface area contributed by atoms with Gasteiger partial charge in [0.1, 0.15) is 6.61 Å². The summed E-state index contributed by atoms with van der Waals surface area (Å²) in [7, 11) is 0. The Labute approximate surface area is 159 Å². The number of hydrogen-bond acceptors (Lipinski definition) is 6. The highest BCUT2D eigenvalue weighted by Crippen LogP contribution is 2.29. The van der Waals surface area contributed by atoms with E-state index in [2.05, 4.69) is 23.7 Å². The summed E-state index contributed by atoms with van der Waals surface area (Å²) in [6.07, 6.45) is 2.40. The molecule has 6 nitrogen and oxygen atoms in total. The molecule has 2 rings (SSSR count). The Hall–Kier alpha value is -2.62. The van der Waals surface area contributed by atoms with Crippen molar-refractivity contribution in [3.63, 3.8) is 0 Å². The number of unbranched alkanes of at least 4 members (excludes halogenated alkanes) is 2. The van der Waals surface area contributed by atoms with E-state index in [0.717, 1.165) is 30.2 Å². The maximum absolute atomic E-state index is 10.5. The Morgan fingerprint density at radius 2 is 2.11 bits per heavy atom. The Balaban J connectivity index is 2.08. The zero-order valence-corrected chi connectivity index (χ0v) is 15.4. The molecule has 0 amide bonds. The van der Waals surface area contributed by atoms with Gasteiger partial charge in [0.15, 0.2) is 0 Å². The van der Waals surface area contributed by atoms with Crippen LogP contribution >= 0.6 is 0 Å². The lowest BCUT2D eigenvalue weighted by molar-refractivity contribution is -0.309. The third-order valence-electron chi connectivity index (χ3n) is 3.88. The Kier molecular flexibility index (Phi) is 8.56. The van der Waals surface area contributed by atoms with Crippen LogP contribution in [0.2, 0.25) is 0 Å². The van der Waals surface area contributed by atoms with Crippen molar-refractivity contribution in [3.05, 3.63) is 35.9 Å². The number of carboxylic acid groups (broad SMARTS) is 1. The van der Waals surface area contributed by atoms with Gasteiger partial charge in [0.05, 0.1) is 30.8 Å². The normalized spacial score (nSPS) is 11.6. The number of aliphatic hydroxyl groups is 1. The number of aliphatic carboxylic acids is 1. The number of rotatable bonds is 10. The van der Waals surface area contributed by atoms with E-state index in [1.165, 1.54) is 0 Å². The van der Waals surface area contributed by atoms with E-state index in [1.54, 1.807) is 0 Å². The number of carbonyl (C=O) groups excluding carboxylic acids is 1. The molecule has 0 aliphatic rings. The molecule has 1 N–H and O–H groups in total. The molecule has 0 bridgehead atoms. The third-order valence-corrected chi connectivity index (χ3v) is 3.88. The second-order valence-electron chi connectivity index (χ2n) is 6.07. The van der Waals surface area contributed by atoms with Gasteiger partial charge in [-0.25, -0.2) is 4.98 Å². The number of carbonyl (C=O) groups is 1. The SMILES string of the molecule is CCCCCOc1nc2ccccc2cc1C(O)CC#CCOCC(=O)[O-]. The van der Waals surface area contributed by atoms with Gasteiger partial charge in [0.2, 0.25) is 5.88 Å². The minimum absolute atomic E-state index is 0.0307. The van der Waals surface area contributed by atoms with Crippen LogP contribution in [0.4, 0.5) is 0 Å². The third kappa shape index (κ3) is 6.89. The Morgan fingerprint density at radius 1 is 1.30 bits per heavy atom. The van der Waals surface area contributed by atoms with Crippen LogP contribution in [-0.2, 0) is 9.53 Å². The van der Waals surface area contributed by atoms with Crippen LogP contribution in [0.1, 0.15) is 44.3 Å². The first-order chi connectivity index (χ1) is 13.1. The fourth-order valence-corrected chi connectivity index (χ4v) is 2.51. The topological polar surface area (TPSA) is 91.7 Å². The maximum atomic E-state index is 10.5. The standard InChI is InChI=1S/C21H25NO5/c1-2-3-7-13-27-21-17(14-16-9-4-5-10-18(16)22-21)19(23)11-6-8-12-26-15-20(24)25/h4-5,9-10,14,19,23H,2-3,7,11-13,15H2,1H3,(H,24,25)/p-1. The molecule has 6 heteroatoms. The number of benzene rings is 1. The molecule has 0 spiro atoms. The second-order valence-corrected chi connectivity index (χ2v) is 6.07. The molecule has 27 heavy (non-hydrogen) atoms. The second kappa shape index (κ2) is 11.2. The van der Waals surface area contributed by atoms with Gasteiger partial charge >= 0.3 is 0 Å². The minimum Gasteiger partial charge on any atom is -0.548 e. The van der Waals surface area contributed by atoms with Gasteiger partial charge in [0.25, 0.3) is 0 Å². The van der Waals surface area contributed by atoms with E-state index < -0.39 is 18.7 Å². The number of aliphatic hydroxyl groups excluding tert-OH is 1. The van der Waals surface area contributed by atoms with E-state index in [0.29, 0.717) is 18.1 Å². The highest BCUT2D eigenvalue weighted by molar-refractivity contribution is 5.80. The predicted octanol–water partition coefficient (Wildman–Crippen LogP) is 2.00. The van der Waals surface area contributed by atoms with Gasteiger partial charge in [-0.05, 0) is 18.6 Å². The molecule has 0 radical (unpaired) electrons. The average Bonchev–Trinajstić information content (AvgIpc) is 2.67. The van der Waals surface area contributed by atoms with Crippen molar-refractivity contribution in [2.45, 2.75) is 38.7 Å². The number of aromatic nitrogens is 1. The average molecular weight is 370 g/mol. The lowest BCUT2D eigenvalue weighted by atomic mass is 10.1. The summed E-state index contributed by atoms with van der Waals surface area (Å²) in [5, 5.41) is 21.7. The van der Waals surface area contributed by atoms with Gasteiger partial charge in [-0.3, -0.25) is 0 Å². The van der Waals surface area contributed by atoms with Gasteiger partial charge < -0.3 is 24.5 Å². The van der Waals surface area contributed by atoms with Crippen molar-refractivity contribution < 1.29 is 24.5 Å². The molecular formula is C21H24NO5-. The molecule has 0 saturated heterocycles. The molecule has 1 unspecified atom stereocenters. The molecule has 144 valence electrons. The smallest absolute Gasteiger partial charge is 0.219 e. The molecule has 1 atom stereocenters. The van der Waals surface area contributed by atoms with Crippen molar-refractivity contribution in [2.75, 3.05) is 19.8 Å². The molecular weight excluding hydrogens is 346 g/mol. The lowest BCUT2D eigenvalue weighted by Gasteiger charge is -2.15. The molecule has 0 aliphatic carbocycles. The van der Waals surface area contributed by atoms with Crippen molar-refractivity contribution in [2.24, 2.45) is 0 Å². The number of ether oxygens (including phenoxy) is 2. The van der Waals surface area contributed by atoms with E-state index in [9.17, 15) is 15.0 Å². The summed E-state index contributed by atoms with van der Waals surface area (Å²) in [5.74, 6) is 4.60. The predicted molar refractivity (Wildman–Crippen MR) is 99.9 cm³/mol. The monoisotopic (exact) mass is 370 g/mol. The van der Waals surface area contributed by atoms with E-state index in [4.69, 9.17) is 9.47 Å². The highest BCUT2D eigenvalue weighted by Gasteiger charge is 2.16. The minimum atomic E-state index is -1.29. The van der Waals surface area contributed by atoms with Gasteiger partial charge in [-0.2, -0.15) is 0 Å². The number of pyridine rings is 1.